The van der Waals surface area contributed by atoms with Crippen molar-refractivity contribution in [3.05, 3.63) is 29.8 Å². The van der Waals surface area contributed by atoms with Crippen LogP contribution in [0.15, 0.2) is 34.2 Å². The van der Waals surface area contributed by atoms with Gasteiger partial charge in [0.1, 0.15) is 0 Å². The lowest BCUT2D eigenvalue weighted by atomic mass is 9.98. The molecule has 6 nitrogen and oxygen atoms in total. The summed E-state index contributed by atoms with van der Waals surface area (Å²) in [6.45, 7) is 5.32. The summed E-state index contributed by atoms with van der Waals surface area (Å²) in [6.07, 6.45) is 12.4. The van der Waals surface area contributed by atoms with E-state index >= 15 is 0 Å². The molecule has 31 heavy (non-hydrogen) atoms. The number of hydrogen-bond donors (Lipinski definition) is 2. The molecule has 0 aliphatic heterocycles. The predicted molar refractivity (Wildman–Crippen MR) is 139 cm³/mol. The van der Waals surface area contributed by atoms with Gasteiger partial charge < -0.3 is 15.4 Å². The smallest absolute Gasteiger partial charge is 0.191 e. The predicted octanol–water partition coefficient (Wildman–Crippen LogP) is 4.33. The van der Waals surface area contributed by atoms with Crippen LogP contribution in [0.5, 0.6) is 0 Å². The maximum Gasteiger partial charge on any atom is 0.191 e. The Bertz CT molecular complexity index is 733. The minimum Gasteiger partial charge on any atom is -0.378 e. The highest BCUT2D eigenvalue weighted by Crippen LogP contribution is 2.20. The first kappa shape index (κ1) is 28.2. The molecule has 1 saturated carbocycles. The highest BCUT2D eigenvalue weighted by molar-refractivity contribution is 14.0. The maximum absolute atomic E-state index is 11.5. The topological polar surface area (TPSA) is 79.8 Å². The Balaban J connectivity index is 0.00000480. The molecule has 2 rings (SSSR count). The van der Waals surface area contributed by atoms with Gasteiger partial charge in [0.25, 0.3) is 0 Å². The van der Waals surface area contributed by atoms with Crippen molar-refractivity contribution in [2.45, 2.75) is 75.7 Å². The first-order valence-corrected chi connectivity index (χ1v) is 13.3. The van der Waals surface area contributed by atoms with Gasteiger partial charge in [0, 0.05) is 32.5 Å². The van der Waals surface area contributed by atoms with E-state index in [1.54, 1.807) is 12.1 Å². The molecular formula is C23H40IN3O3S. The molecule has 178 valence electrons. The van der Waals surface area contributed by atoms with Crippen molar-refractivity contribution in [3.8, 4) is 0 Å². The van der Waals surface area contributed by atoms with Crippen LogP contribution in [-0.4, -0.2) is 53.0 Å². The van der Waals surface area contributed by atoms with E-state index in [4.69, 9.17) is 4.74 Å². The zero-order valence-corrected chi connectivity index (χ0v) is 22.2. The fourth-order valence-corrected chi connectivity index (χ4v) is 4.26. The van der Waals surface area contributed by atoms with Gasteiger partial charge in [-0.05, 0) is 63.1 Å². The van der Waals surface area contributed by atoms with Gasteiger partial charge in [0.05, 0.1) is 11.0 Å². The molecule has 1 fully saturated rings. The number of aliphatic imine (C=N–C) groups is 1. The quantitative estimate of drug-likeness (QED) is 0.171. The minimum absolute atomic E-state index is 0. The summed E-state index contributed by atoms with van der Waals surface area (Å²) < 4.78 is 29.0. The molecular weight excluding hydrogens is 525 g/mol. The van der Waals surface area contributed by atoms with Crippen molar-refractivity contribution in [3.63, 3.8) is 0 Å². The number of guanidine groups is 1. The Morgan fingerprint density at radius 1 is 1.06 bits per heavy atom. The number of nitrogens with zero attached hydrogens (tertiary/aromatic N) is 1. The monoisotopic (exact) mass is 565 g/mol. The van der Waals surface area contributed by atoms with Gasteiger partial charge in [-0.3, -0.25) is 4.99 Å². The van der Waals surface area contributed by atoms with Crippen LogP contribution in [0.2, 0.25) is 0 Å². The summed E-state index contributed by atoms with van der Waals surface area (Å²) in [4.78, 5) is 5.01. The third kappa shape index (κ3) is 12.1. The number of unbranched alkanes of at least 4 members (excludes halogenated alkanes) is 2. The number of benzene rings is 1. The number of halogens is 1. The van der Waals surface area contributed by atoms with Gasteiger partial charge in [0.15, 0.2) is 15.8 Å². The van der Waals surface area contributed by atoms with Gasteiger partial charge in [-0.15, -0.1) is 24.0 Å². The average Bonchev–Trinajstić information content (AvgIpc) is 2.73. The van der Waals surface area contributed by atoms with Crippen molar-refractivity contribution in [1.82, 2.24) is 10.6 Å². The lowest BCUT2D eigenvalue weighted by Crippen LogP contribution is -2.38. The maximum atomic E-state index is 11.5. The van der Waals surface area contributed by atoms with Gasteiger partial charge in [-0.1, -0.05) is 31.4 Å². The van der Waals surface area contributed by atoms with Crippen molar-refractivity contribution >= 4 is 39.8 Å². The summed E-state index contributed by atoms with van der Waals surface area (Å²) in [7, 11) is -3.14. The van der Waals surface area contributed by atoms with E-state index in [2.05, 4.69) is 22.5 Å². The third-order valence-corrected chi connectivity index (χ3v) is 6.51. The SMILES string of the molecule is CCNC(=NCCCCCOC1CCCCC1)NCCc1ccc(S(C)(=O)=O)cc1.I. The van der Waals surface area contributed by atoms with E-state index < -0.39 is 9.84 Å². The average molecular weight is 566 g/mol. The largest absolute Gasteiger partial charge is 0.378 e. The molecule has 1 aromatic rings. The van der Waals surface area contributed by atoms with Crippen LogP contribution in [0.4, 0.5) is 0 Å². The van der Waals surface area contributed by atoms with Crippen LogP contribution in [0.25, 0.3) is 0 Å². The van der Waals surface area contributed by atoms with Gasteiger partial charge in [-0.2, -0.15) is 0 Å². The molecule has 0 spiro atoms. The number of nitrogens with one attached hydrogen (secondary N) is 2. The zero-order chi connectivity index (χ0) is 21.7. The molecule has 0 bridgehead atoms. The molecule has 0 heterocycles. The van der Waals surface area contributed by atoms with Crippen molar-refractivity contribution in [2.24, 2.45) is 4.99 Å². The van der Waals surface area contributed by atoms with Crippen molar-refractivity contribution in [2.75, 3.05) is 32.5 Å². The molecule has 0 atom stereocenters. The lowest BCUT2D eigenvalue weighted by Gasteiger charge is -2.21. The Morgan fingerprint density at radius 3 is 2.42 bits per heavy atom. The normalized spacial score (nSPS) is 15.4. The molecule has 1 aromatic carbocycles. The van der Waals surface area contributed by atoms with E-state index in [1.807, 2.05) is 12.1 Å². The van der Waals surface area contributed by atoms with E-state index in [-0.39, 0.29) is 24.0 Å². The van der Waals surface area contributed by atoms with Crippen LogP contribution in [-0.2, 0) is 21.0 Å². The molecule has 1 aliphatic rings. The molecule has 0 radical (unpaired) electrons. The minimum atomic E-state index is -3.14. The summed E-state index contributed by atoms with van der Waals surface area (Å²) >= 11 is 0. The van der Waals surface area contributed by atoms with E-state index in [0.29, 0.717) is 11.0 Å². The molecule has 1 aliphatic carbocycles. The van der Waals surface area contributed by atoms with Crippen LogP contribution in [0.3, 0.4) is 0 Å². The molecule has 0 unspecified atom stereocenters. The third-order valence-electron chi connectivity index (χ3n) is 5.38. The summed E-state index contributed by atoms with van der Waals surface area (Å²) in [6, 6.07) is 7.08. The summed E-state index contributed by atoms with van der Waals surface area (Å²) in [5.74, 6) is 0.837. The van der Waals surface area contributed by atoms with Crippen molar-refractivity contribution < 1.29 is 13.2 Å². The molecule has 0 aromatic heterocycles. The van der Waals surface area contributed by atoms with Gasteiger partial charge in [0.2, 0.25) is 0 Å². The van der Waals surface area contributed by atoms with Crippen LogP contribution < -0.4 is 10.6 Å². The molecule has 2 N–H and O–H groups in total. The van der Waals surface area contributed by atoms with E-state index in [9.17, 15) is 8.42 Å². The standard InChI is InChI=1S/C23H39N3O3S.HI/c1-3-24-23(25-17-8-5-9-19-29-21-10-6-4-7-11-21)26-18-16-20-12-14-22(15-13-20)30(2,27)28;/h12-15,21H,3-11,16-19H2,1-2H3,(H2,24,25,26);1H. The first-order valence-electron chi connectivity index (χ1n) is 11.4. The molecule has 8 heteroatoms. The number of rotatable bonds is 12. The fraction of sp³-hybridized carbons (Fsp3) is 0.696. The zero-order valence-electron chi connectivity index (χ0n) is 19.1. The number of hydrogen-bond acceptors (Lipinski definition) is 4. The fourth-order valence-electron chi connectivity index (χ4n) is 3.63. The Hall–Kier alpha value is -0.870. The molecule has 0 amide bonds. The Morgan fingerprint density at radius 2 is 1.77 bits per heavy atom. The highest BCUT2D eigenvalue weighted by Gasteiger charge is 2.12. The van der Waals surface area contributed by atoms with E-state index in [1.165, 1.54) is 38.4 Å². The van der Waals surface area contributed by atoms with Crippen molar-refractivity contribution in [1.29, 1.82) is 0 Å². The summed E-state index contributed by atoms with van der Waals surface area (Å²) in [5.41, 5.74) is 1.10. The van der Waals surface area contributed by atoms with Gasteiger partial charge in [-0.25, -0.2) is 8.42 Å². The highest BCUT2D eigenvalue weighted by atomic mass is 127. The summed E-state index contributed by atoms with van der Waals surface area (Å²) in [5, 5.41) is 6.63. The number of ether oxygens (including phenoxy) is 1. The van der Waals surface area contributed by atoms with Crippen LogP contribution in [0, 0.1) is 0 Å². The second-order valence-electron chi connectivity index (χ2n) is 8.05. The van der Waals surface area contributed by atoms with Crippen LogP contribution in [0.1, 0.15) is 63.9 Å². The van der Waals surface area contributed by atoms with Crippen LogP contribution >= 0.6 is 24.0 Å². The Kier molecular flexibility index (Phi) is 14.4. The Labute approximate surface area is 206 Å². The second-order valence-corrected chi connectivity index (χ2v) is 10.1. The van der Waals surface area contributed by atoms with Gasteiger partial charge >= 0.3 is 0 Å². The van der Waals surface area contributed by atoms with E-state index in [0.717, 1.165) is 63.4 Å². The number of sulfone groups is 1. The lowest BCUT2D eigenvalue weighted by molar-refractivity contribution is 0.0264. The second kappa shape index (κ2) is 15.9. The molecule has 0 saturated heterocycles. The first-order chi connectivity index (χ1) is 14.5.